The molecule has 0 aromatic carbocycles. The summed E-state index contributed by atoms with van der Waals surface area (Å²) in [6.07, 6.45) is 0.375. The molecule has 3 nitrogen and oxygen atoms in total. The lowest BCUT2D eigenvalue weighted by molar-refractivity contribution is -0.118. The zero-order valence-corrected chi connectivity index (χ0v) is 4.94. The maximum Gasteiger partial charge on any atom is 0.150 e. The molecule has 1 radical (unpaired) electrons. The van der Waals surface area contributed by atoms with Gasteiger partial charge in [0.05, 0.1) is 13.2 Å². The summed E-state index contributed by atoms with van der Waals surface area (Å²) in [7, 11) is 1.54. The quantitative estimate of drug-likeness (QED) is 0.514. The largest absolute Gasteiger partial charge is 0.384 e. The second kappa shape index (κ2) is 4.74. The number of hydrogen-bond acceptors (Lipinski definition) is 2. The second-order valence-corrected chi connectivity index (χ2v) is 1.46. The molecule has 0 saturated carbocycles. The average Bonchev–Trinajstić information content (AvgIpc) is 1.83. The van der Waals surface area contributed by atoms with Crippen molar-refractivity contribution in [2.24, 2.45) is 0 Å². The SMILES string of the molecule is COCCC(=O)C[NH]. The number of hydrogen-bond donors (Lipinski definition) is 0. The van der Waals surface area contributed by atoms with Crippen molar-refractivity contribution >= 4 is 5.78 Å². The molecule has 0 spiro atoms. The standard InChI is InChI=1S/C5H10NO2/c1-8-3-2-5(7)4-6/h6H,2-4H2,1H3. The van der Waals surface area contributed by atoms with Crippen molar-refractivity contribution in [3.8, 4) is 0 Å². The van der Waals surface area contributed by atoms with Crippen LogP contribution in [0.15, 0.2) is 0 Å². The number of rotatable bonds is 4. The van der Waals surface area contributed by atoms with Crippen LogP contribution in [0.2, 0.25) is 0 Å². The van der Waals surface area contributed by atoms with Gasteiger partial charge in [0.15, 0.2) is 0 Å². The van der Waals surface area contributed by atoms with E-state index in [1.165, 1.54) is 7.11 Å². The van der Waals surface area contributed by atoms with Crippen LogP contribution in [0.4, 0.5) is 0 Å². The highest BCUT2D eigenvalue weighted by molar-refractivity contribution is 5.80. The number of carbonyl (C=O) groups is 1. The topological polar surface area (TPSA) is 50.1 Å². The van der Waals surface area contributed by atoms with Gasteiger partial charge >= 0.3 is 0 Å². The fourth-order valence-electron chi connectivity index (χ4n) is 0.304. The lowest BCUT2D eigenvalue weighted by atomic mass is 10.3. The molecule has 1 N–H and O–H groups in total. The van der Waals surface area contributed by atoms with Gasteiger partial charge in [-0.05, 0) is 0 Å². The zero-order valence-electron chi connectivity index (χ0n) is 4.94. The molecule has 0 aliphatic heterocycles. The molecule has 47 valence electrons. The summed E-state index contributed by atoms with van der Waals surface area (Å²) in [5, 5.41) is 0. The molecule has 0 aliphatic carbocycles. The highest BCUT2D eigenvalue weighted by Crippen LogP contribution is 1.80. The minimum atomic E-state index is -0.122. The van der Waals surface area contributed by atoms with E-state index in [0.29, 0.717) is 13.0 Å². The molecule has 0 heterocycles. The first-order valence-corrected chi connectivity index (χ1v) is 2.46. The number of methoxy groups -OCH3 is 1. The predicted octanol–water partition coefficient (Wildman–Crippen LogP) is -0.125. The van der Waals surface area contributed by atoms with Gasteiger partial charge < -0.3 is 4.74 Å². The molecule has 0 saturated heterocycles. The molecule has 0 aromatic rings. The summed E-state index contributed by atoms with van der Waals surface area (Å²) in [5.41, 5.74) is 6.58. The fraction of sp³-hybridized carbons (Fsp3) is 0.800. The third-order valence-corrected chi connectivity index (χ3v) is 0.782. The highest BCUT2D eigenvalue weighted by Gasteiger charge is 1.94. The number of ketones is 1. The molecule has 0 amide bonds. The molecule has 0 rings (SSSR count). The van der Waals surface area contributed by atoms with Gasteiger partial charge in [-0.3, -0.25) is 10.5 Å². The summed E-state index contributed by atoms with van der Waals surface area (Å²) in [4.78, 5) is 10.3. The van der Waals surface area contributed by atoms with Crippen molar-refractivity contribution in [3.05, 3.63) is 0 Å². The van der Waals surface area contributed by atoms with Crippen LogP contribution in [-0.4, -0.2) is 26.0 Å². The number of ether oxygens (including phenoxy) is 1. The van der Waals surface area contributed by atoms with E-state index in [1.807, 2.05) is 0 Å². The average molecular weight is 116 g/mol. The first-order valence-electron chi connectivity index (χ1n) is 2.46. The van der Waals surface area contributed by atoms with E-state index < -0.39 is 0 Å². The monoisotopic (exact) mass is 116 g/mol. The Morgan fingerprint density at radius 1 is 1.75 bits per heavy atom. The Morgan fingerprint density at radius 2 is 2.38 bits per heavy atom. The Hall–Kier alpha value is -0.410. The van der Waals surface area contributed by atoms with E-state index in [0.717, 1.165) is 0 Å². The fourth-order valence-corrected chi connectivity index (χ4v) is 0.304. The Bertz CT molecular complexity index is 72.8. The second-order valence-electron chi connectivity index (χ2n) is 1.46. The summed E-state index contributed by atoms with van der Waals surface area (Å²) in [6.45, 7) is 0.321. The van der Waals surface area contributed by atoms with E-state index in [2.05, 4.69) is 4.74 Å². The van der Waals surface area contributed by atoms with Crippen LogP contribution in [0.1, 0.15) is 6.42 Å². The molecule has 0 aromatic heterocycles. The first-order chi connectivity index (χ1) is 3.81. The Kier molecular flexibility index (Phi) is 4.50. The molecule has 3 heteroatoms. The smallest absolute Gasteiger partial charge is 0.150 e. The Labute approximate surface area is 48.8 Å². The number of carbonyl (C=O) groups excluding carboxylic acids is 1. The van der Waals surface area contributed by atoms with E-state index in [9.17, 15) is 4.79 Å². The van der Waals surface area contributed by atoms with Gasteiger partial charge in [-0.1, -0.05) is 0 Å². The third-order valence-electron chi connectivity index (χ3n) is 0.782. The van der Waals surface area contributed by atoms with Crippen LogP contribution in [0.3, 0.4) is 0 Å². The Morgan fingerprint density at radius 3 is 2.75 bits per heavy atom. The molecule has 0 fully saturated rings. The molecule has 0 unspecified atom stereocenters. The van der Waals surface area contributed by atoms with Gasteiger partial charge in [0.25, 0.3) is 0 Å². The maximum absolute atomic E-state index is 10.3. The van der Waals surface area contributed by atoms with Crippen molar-refractivity contribution in [2.45, 2.75) is 6.42 Å². The van der Waals surface area contributed by atoms with Crippen molar-refractivity contribution in [1.82, 2.24) is 5.73 Å². The van der Waals surface area contributed by atoms with Gasteiger partial charge in [-0.2, -0.15) is 0 Å². The third kappa shape index (κ3) is 3.77. The molecular weight excluding hydrogens is 106 g/mol. The number of Topliss-reactive ketones (excluding diaryl/α,β-unsaturated/α-hetero) is 1. The van der Waals surface area contributed by atoms with Gasteiger partial charge in [0.2, 0.25) is 0 Å². The van der Waals surface area contributed by atoms with Gasteiger partial charge in [0.1, 0.15) is 5.78 Å². The number of nitrogens with one attached hydrogen (secondary N) is 1. The van der Waals surface area contributed by atoms with Crippen molar-refractivity contribution in [1.29, 1.82) is 0 Å². The summed E-state index contributed by atoms with van der Waals surface area (Å²) in [5.74, 6) is -0.0631. The minimum Gasteiger partial charge on any atom is -0.384 e. The van der Waals surface area contributed by atoms with Crippen LogP contribution >= 0.6 is 0 Å². The van der Waals surface area contributed by atoms with Crippen LogP contribution in [0, 0.1) is 0 Å². The normalized spacial score (nSPS) is 9.25. The summed E-state index contributed by atoms with van der Waals surface area (Å²) in [6, 6.07) is 0. The Balaban J connectivity index is 2.99. The minimum absolute atomic E-state index is 0.0631. The van der Waals surface area contributed by atoms with Crippen LogP contribution < -0.4 is 5.73 Å². The lowest BCUT2D eigenvalue weighted by Gasteiger charge is -1.92. The van der Waals surface area contributed by atoms with Gasteiger partial charge in [-0.15, -0.1) is 0 Å². The van der Waals surface area contributed by atoms with E-state index in [-0.39, 0.29) is 12.3 Å². The van der Waals surface area contributed by atoms with Crippen molar-refractivity contribution in [2.75, 3.05) is 20.3 Å². The van der Waals surface area contributed by atoms with Crippen LogP contribution in [0.5, 0.6) is 0 Å². The van der Waals surface area contributed by atoms with Crippen LogP contribution in [-0.2, 0) is 9.53 Å². The van der Waals surface area contributed by atoms with E-state index >= 15 is 0 Å². The van der Waals surface area contributed by atoms with Crippen molar-refractivity contribution in [3.63, 3.8) is 0 Å². The lowest BCUT2D eigenvalue weighted by Crippen LogP contribution is -2.07. The zero-order chi connectivity index (χ0) is 6.41. The van der Waals surface area contributed by atoms with E-state index in [1.54, 1.807) is 0 Å². The predicted molar refractivity (Wildman–Crippen MR) is 29.5 cm³/mol. The molecule has 0 atom stereocenters. The summed E-state index contributed by atoms with van der Waals surface area (Å²) < 4.78 is 4.61. The van der Waals surface area contributed by atoms with Gasteiger partial charge in [0, 0.05) is 13.5 Å². The summed E-state index contributed by atoms with van der Waals surface area (Å²) >= 11 is 0. The van der Waals surface area contributed by atoms with Gasteiger partial charge in [-0.25, -0.2) is 0 Å². The van der Waals surface area contributed by atoms with Crippen molar-refractivity contribution < 1.29 is 9.53 Å². The first kappa shape index (κ1) is 7.59. The molecular formula is C5H10NO2. The highest BCUT2D eigenvalue weighted by atomic mass is 16.5. The molecule has 0 bridgehead atoms. The van der Waals surface area contributed by atoms with Crippen LogP contribution in [0.25, 0.3) is 0 Å². The maximum atomic E-state index is 10.3. The molecule has 8 heavy (non-hydrogen) atoms. The molecule has 0 aliphatic rings. The van der Waals surface area contributed by atoms with E-state index in [4.69, 9.17) is 5.73 Å².